The van der Waals surface area contributed by atoms with Gasteiger partial charge in [0.15, 0.2) is 0 Å². The summed E-state index contributed by atoms with van der Waals surface area (Å²) >= 11 is 0. The number of rotatable bonds is 7. The molecule has 1 aliphatic rings. The molecular weight excluding hydrogens is 400 g/mol. The van der Waals surface area contributed by atoms with Crippen LogP contribution in [0.5, 0.6) is 5.75 Å². The third-order valence-corrected chi connectivity index (χ3v) is 7.24. The van der Waals surface area contributed by atoms with Crippen molar-refractivity contribution >= 4 is 38.1 Å². The largest absolute Gasteiger partial charge is 0.497 e. The van der Waals surface area contributed by atoms with Crippen molar-refractivity contribution in [1.82, 2.24) is 0 Å². The fourth-order valence-electron chi connectivity index (χ4n) is 3.93. The van der Waals surface area contributed by atoms with Gasteiger partial charge in [-0.3, -0.25) is 9.10 Å². The predicted octanol–water partition coefficient (Wildman–Crippen LogP) is 3.74. The van der Waals surface area contributed by atoms with Gasteiger partial charge in [0, 0.05) is 11.1 Å². The smallest absolute Gasteiger partial charge is 0.245 e. The van der Waals surface area contributed by atoms with Crippen LogP contribution in [0.3, 0.4) is 0 Å². The molecule has 1 amide bonds. The summed E-state index contributed by atoms with van der Waals surface area (Å²) in [5.41, 5.74) is 3.69. The molecule has 30 heavy (non-hydrogen) atoms. The van der Waals surface area contributed by atoms with Crippen LogP contribution in [0.4, 0.5) is 11.4 Å². The molecule has 0 unspecified atom stereocenters. The molecule has 0 spiro atoms. The quantitative estimate of drug-likeness (QED) is 0.627. The second-order valence-electron chi connectivity index (χ2n) is 7.27. The van der Waals surface area contributed by atoms with Gasteiger partial charge in [0.25, 0.3) is 0 Å². The number of benzene rings is 3. The summed E-state index contributed by atoms with van der Waals surface area (Å²) in [6.07, 6.45) is 2.01. The van der Waals surface area contributed by atoms with Crippen LogP contribution in [0.1, 0.15) is 18.1 Å². The van der Waals surface area contributed by atoms with Crippen molar-refractivity contribution < 1.29 is 17.9 Å². The average molecular weight is 425 g/mol. The van der Waals surface area contributed by atoms with E-state index in [4.69, 9.17) is 4.74 Å². The first-order valence-corrected chi connectivity index (χ1v) is 11.5. The van der Waals surface area contributed by atoms with Crippen molar-refractivity contribution in [3.63, 3.8) is 0 Å². The molecule has 0 heterocycles. The van der Waals surface area contributed by atoms with Crippen LogP contribution in [0.2, 0.25) is 0 Å². The summed E-state index contributed by atoms with van der Waals surface area (Å²) in [5, 5.41) is 5.10. The monoisotopic (exact) mass is 424 g/mol. The van der Waals surface area contributed by atoms with Gasteiger partial charge in [0.2, 0.25) is 15.9 Å². The van der Waals surface area contributed by atoms with Crippen molar-refractivity contribution in [2.75, 3.05) is 29.0 Å². The molecule has 0 bridgehead atoms. The Bertz CT molecular complexity index is 1190. The van der Waals surface area contributed by atoms with E-state index in [0.29, 0.717) is 17.1 Å². The van der Waals surface area contributed by atoms with Gasteiger partial charge in [0.1, 0.15) is 12.3 Å². The number of hydrogen-bond donors (Lipinski definition) is 1. The van der Waals surface area contributed by atoms with Crippen LogP contribution in [0, 0.1) is 0 Å². The molecule has 0 fully saturated rings. The molecule has 4 rings (SSSR count). The van der Waals surface area contributed by atoms with E-state index in [-0.39, 0.29) is 18.2 Å². The molecule has 1 N–H and O–H groups in total. The van der Waals surface area contributed by atoms with Gasteiger partial charge in [0.05, 0.1) is 18.6 Å². The van der Waals surface area contributed by atoms with Gasteiger partial charge in [-0.1, -0.05) is 24.3 Å². The van der Waals surface area contributed by atoms with E-state index in [9.17, 15) is 13.2 Å². The van der Waals surface area contributed by atoms with Crippen molar-refractivity contribution in [1.29, 1.82) is 0 Å². The zero-order valence-corrected chi connectivity index (χ0v) is 17.8. The van der Waals surface area contributed by atoms with Gasteiger partial charge in [-0.05, 0) is 66.6 Å². The maximum atomic E-state index is 12.9. The summed E-state index contributed by atoms with van der Waals surface area (Å²) in [5.74, 6) is 0.124. The number of aryl methyl sites for hydroxylation is 2. The molecule has 6 nitrogen and oxygen atoms in total. The summed E-state index contributed by atoms with van der Waals surface area (Å²) in [4.78, 5) is 12.9. The van der Waals surface area contributed by atoms with Crippen molar-refractivity contribution in [3.05, 3.63) is 65.7 Å². The minimum Gasteiger partial charge on any atom is -0.497 e. The Hall–Kier alpha value is -3.06. The fraction of sp³-hybridized carbons (Fsp3) is 0.261. The van der Waals surface area contributed by atoms with Gasteiger partial charge < -0.3 is 10.1 Å². The number of nitrogens with zero attached hydrogens (tertiary/aromatic N) is 1. The van der Waals surface area contributed by atoms with Crippen LogP contribution in [-0.4, -0.2) is 33.7 Å². The first kappa shape index (κ1) is 20.2. The Kier molecular flexibility index (Phi) is 5.39. The topological polar surface area (TPSA) is 75.7 Å². The summed E-state index contributed by atoms with van der Waals surface area (Å²) < 4.78 is 31.6. The van der Waals surface area contributed by atoms with Crippen molar-refractivity contribution in [2.45, 2.75) is 19.8 Å². The number of anilines is 2. The summed E-state index contributed by atoms with van der Waals surface area (Å²) in [7, 11) is -2.09. The third kappa shape index (κ3) is 3.73. The Morgan fingerprint density at radius 1 is 1.03 bits per heavy atom. The first-order valence-electron chi connectivity index (χ1n) is 9.90. The van der Waals surface area contributed by atoms with E-state index in [0.717, 1.165) is 22.5 Å². The van der Waals surface area contributed by atoms with Gasteiger partial charge in [-0.25, -0.2) is 8.42 Å². The van der Waals surface area contributed by atoms with Gasteiger partial charge in [-0.15, -0.1) is 0 Å². The zero-order chi connectivity index (χ0) is 21.3. The molecule has 0 aliphatic heterocycles. The lowest BCUT2D eigenvalue weighted by molar-refractivity contribution is -0.114. The fourth-order valence-corrected chi connectivity index (χ4v) is 5.00. The van der Waals surface area contributed by atoms with Gasteiger partial charge >= 0.3 is 0 Å². The minimum absolute atomic E-state index is 0.104. The van der Waals surface area contributed by atoms with E-state index in [1.165, 1.54) is 16.5 Å². The third-order valence-electron chi connectivity index (χ3n) is 5.50. The Balaban J connectivity index is 1.62. The normalized spacial score (nSPS) is 12.7. The molecule has 3 aromatic rings. The van der Waals surface area contributed by atoms with E-state index in [1.54, 1.807) is 38.3 Å². The van der Waals surface area contributed by atoms with Crippen LogP contribution in [0.25, 0.3) is 10.8 Å². The van der Waals surface area contributed by atoms with E-state index >= 15 is 0 Å². The highest BCUT2D eigenvalue weighted by atomic mass is 32.2. The number of carbonyl (C=O) groups excluding carboxylic acids is 1. The second-order valence-corrected chi connectivity index (χ2v) is 9.45. The molecule has 156 valence electrons. The summed E-state index contributed by atoms with van der Waals surface area (Å²) in [6.45, 7) is 1.26. The number of ether oxygens (including phenoxy) is 1. The maximum absolute atomic E-state index is 12.9. The van der Waals surface area contributed by atoms with Crippen molar-refractivity contribution in [2.24, 2.45) is 0 Å². The van der Waals surface area contributed by atoms with E-state index in [2.05, 4.69) is 11.4 Å². The summed E-state index contributed by atoms with van der Waals surface area (Å²) in [6, 6.07) is 16.7. The van der Waals surface area contributed by atoms with Crippen LogP contribution >= 0.6 is 0 Å². The average Bonchev–Trinajstić information content (AvgIpc) is 3.19. The highest BCUT2D eigenvalue weighted by Crippen LogP contribution is 2.35. The zero-order valence-electron chi connectivity index (χ0n) is 17.0. The number of hydrogen-bond acceptors (Lipinski definition) is 4. The molecule has 1 aliphatic carbocycles. The van der Waals surface area contributed by atoms with E-state index < -0.39 is 10.0 Å². The molecule has 0 saturated carbocycles. The van der Waals surface area contributed by atoms with Crippen LogP contribution in [-0.2, 0) is 27.7 Å². The lowest BCUT2D eigenvalue weighted by atomic mass is 10.0. The number of sulfonamides is 1. The second kappa shape index (κ2) is 7.99. The first-order chi connectivity index (χ1) is 14.4. The molecule has 0 saturated heterocycles. The number of nitrogens with one attached hydrogen (secondary N) is 1. The minimum atomic E-state index is -3.63. The Morgan fingerprint density at radius 3 is 2.40 bits per heavy atom. The molecule has 0 atom stereocenters. The molecule has 3 aromatic carbocycles. The lowest BCUT2D eigenvalue weighted by Crippen LogP contribution is -2.39. The number of amides is 1. The molecular formula is C23H24N2O4S. The highest BCUT2D eigenvalue weighted by molar-refractivity contribution is 7.92. The molecule has 0 aromatic heterocycles. The predicted molar refractivity (Wildman–Crippen MR) is 120 cm³/mol. The number of carbonyl (C=O) groups is 1. The SMILES string of the molecule is CCS(=O)(=O)N(CC(=O)Nc1ccc2c3c(cccc13)CC2)c1ccc(OC)cc1. The highest BCUT2D eigenvalue weighted by Gasteiger charge is 2.24. The number of methoxy groups -OCH3 is 1. The van der Waals surface area contributed by atoms with Gasteiger partial charge in [-0.2, -0.15) is 0 Å². The molecule has 0 radical (unpaired) electrons. The standard InChI is InChI=1S/C23H24N2O4S/c1-3-30(27,28)25(18-10-12-19(29-2)13-11-18)15-22(26)24-21-14-9-17-8-7-16-5-4-6-20(21)23(16)17/h4-6,9-14H,3,7-8,15H2,1-2H3,(H,24,26). The Morgan fingerprint density at radius 2 is 1.73 bits per heavy atom. The van der Waals surface area contributed by atoms with E-state index in [1.807, 2.05) is 24.3 Å². The molecule has 7 heteroatoms. The maximum Gasteiger partial charge on any atom is 0.245 e. The van der Waals surface area contributed by atoms with Crippen LogP contribution < -0.4 is 14.4 Å². The Labute approximate surface area is 176 Å². The van der Waals surface area contributed by atoms with Crippen LogP contribution in [0.15, 0.2) is 54.6 Å². The van der Waals surface area contributed by atoms with Crippen molar-refractivity contribution in [3.8, 4) is 5.75 Å². The lowest BCUT2D eigenvalue weighted by Gasteiger charge is -2.23.